The first kappa shape index (κ1) is 24.3. The lowest BCUT2D eigenvalue weighted by atomic mass is 9.97. The van der Waals surface area contributed by atoms with Gasteiger partial charge < -0.3 is 9.88 Å². The van der Waals surface area contributed by atoms with Crippen LogP contribution in [0.15, 0.2) is 36.7 Å². The number of hydrogen-bond acceptors (Lipinski definition) is 4. The molecule has 1 aliphatic heterocycles. The van der Waals surface area contributed by atoms with Crippen LogP contribution in [0.5, 0.6) is 0 Å². The number of alkyl halides is 3. The van der Waals surface area contributed by atoms with Crippen molar-refractivity contribution in [3.63, 3.8) is 0 Å². The molecule has 0 aliphatic carbocycles. The second-order valence-corrected chi connectivity index (χ2v) is 9.36. The quantitative estimate of drug-likeness (QED) is 0.397. The van der Waals surface area contributed by atoms with E-state index in [4.69, 9.17) is 11.6 Å². The maximum Gasteiger partial charge on any atom is 0.392 e. The summed E-state index contributed by atoms with van der Waals surface area (Å²) in [6.45, 7) is 4.29. The Hall–Kier alpha value is -3.40. The Kier molecular flexibility index (Phi) is 6.23. The Balaban J connectivity index is 1.29. The van der Waals surface area contributed by atoms with Crippen molar-refractivity contribution in [1.29, 1.82) is 0 Å². The fourth-order valence-electron chi connectivity index (χ4n) is 4.47. The van der Waals surface area contributed by atoms with Crippen LogP contribution in [0.2, 0.25) is 5.02 Å². The SMILES string of the molecule is CCc1nc2nc(C)c(Cl)cn2c1C(=O)NCc1ccc(-c2cn3c(n2)CC(C(F)(F)F)CC3)cc1. The Morgan fingerprint density at radius 1 is 1.17 bits per heavy atom. The number of aromatic nitrogens is 5. The minimum absolute atomic E-state index is 0.0685. The number of amides is 1. The van der Waals surface area contributed by atoms with E-state index in [1.165, 1.54) is 0 Å². The molecular weight excluding hydrogens is 493 g/mol. The van der Waals surface area contributed by atoms with Crippen LogP contribution in [0.3, 0.4) is 0 Å². The molecule has 11 heteroatoms. The average molecular weight is 517 g/mol. The zero-order chi connectivity index (χ0) is 25.6. The van der Waals surface area contributed by atoms with Crippen LogP contribution < -0.4 is 5.32 Å². The minimum atomic E-state index is -4.20. The molecule has 0 spiro atoms. The van der Waals surface area contributed by atoms with E-state index in [-0.39, 0.29) is 25.3 Å². The van der Waals surface area contributed by atoms with E-state index in [0.717, 1.165) is 11.1 Å². The van der Waals surface area contributed by atoms with E-state index >= 15 is 0 Å². The molecule has 36 heavy (non-hydrogen) atoms. The first-order valence-corrected chi connectivity index (χ1v) is 12.1. The Bertz CT molecular complexity index is 1440. The number of rotatable bonds is 5. The van der Waals surface area contributed by atoms with Gasteiger partial charge in [-0.3, -0.25) is 9.20 Å². The van der Waals surface area contributed by atoms with Gasteiger partial charge in [0.15, 0.2) is 0 Å². The summed E-state index contributed by atoms with van der Waals surface area (Å²) in [5, 5.41) is 3.37. The van der Waals surface area contributed by atoms with Crippen LogP contribution in [-0.4, -0.2) is 36.0 Å². The van der Waals surface area contributed by atoms with Crippen molar-refractivity contribution in [3.05, 3.63) is 70.2 Å². The summed E-state index contributed by atoms with van der Waals surface area (Å²) < 4.78 is 42.7. The summed E-state index contributed by atoms with van der Waals surface area (Å²) >= 11 is 6.22. The van der Waals surface area contributed by atoms with Crippen molar-refractivity contribution in [2.24, 2.45) is 5.92 Å². The number of hydrogen-bond donors (Lipinski definition) is 1. The number of benzene rings is 1. The molecule has 0 saturated carbocycles. The molecule has 3 aromatic heterocycles. The third kappa shape index (κ3) is 4.57. The monoisotopic (exact) mass is 516 g/mol. The van der Waals surface area contributed by atoms with Gasteiger partial charge in [-0.1, -0.05) is 42.8 Å². The summed E-state index contributed by atoms with van der Waals surface area (Å²) in [7, 11) is 0. The number of carbonyl (C=O) groups excluding carboxylic acids is 1. The highest BCUT2D eigenvalue weighted by molar-refractivity contribution is 6.31. The van der Waals surface area contributed by atoms with Crippen LogP contribution in [0.25, 0.3) is 17.0 Å². The highest BCUT2D eigenvalue weighted by Crippen LogP contribution is 2.35. The van der Waals surface area contributed by atoms with Crippen molar-refractivity contribution in [3.8, 4) is 11.3 Å². The number of nitrogens with one attached hydrogen (secondary N) is 1. The second-order valence-electron chi connectivity index (χ2n) is 8.95. The third-order valence-electron chi connectivity index (χ3n) is 6.54. The summed E-state index contributed by atoms with van der Waals surface area (Å²) in [5.74, 6) is -0.749. The van der Waals surface area contributed by atoms with Crippen LogP contribution >= 0.6 is 11.6 Å². The lowest BCUT2D eigenvalue weighted by Gasteiger charge is -2.25. The maximum absolute atomic E-state index is 13.1. The molecule has 5 rings (SSSR count). The number of carbonyl (C=O) groups is 1. The average Bonchev–Trinajstić information content (AvgIpc) is 3.43. The van der Waals surface area contributed by atoms with Crippen molar-refractivity contribution in [1.82, 2.24) is 29.2 Å². The fourth-order valence-corrected chi connectivity index (χ4v) is 4.61. The molecule has 4 aromatic rings. The van der Waals surface area contributed by atoms with Crippen molar-refractivity contribution >= 4 is 23.3 Å². The van der Waals surface area contributed by atoms with E-state index in [1.807, 2.05) is 31.2 Å². The number of halogens is 4. The van der Waals surface area contributed by atoms with Gasteiger partial charge in [-0.25, -0.2) is 15.0 Å². The molecule has 1 unspecified atom stereocenters. The maximum atomic E-state index is 13.1. The van der Waals surface area contributed by atoms with Crippen LogP contribution in [0.1, 0.15) is 46.6 Å². The molecule has 1 aliphatic rings. The van der Waals surface area contributed by atoms with Crippen LogP contribution in [0, 0.1) is 12.8 Å². The topological polar surface area (TPSA) is 77.1 Å². The van der Waals surface area contributed by atoms with Crippen LogP contribution in [-0.2, 0) is 25.9 Å². The summed E-state index contributed by atoms with van der Waals surface area (Å²) in [4.78, 5) is 26.3. The lowest BCUT2D eigenvalue weighted by molar-refractivity contribution is -0.179. The Morgan fingerprint density at radius 2 is 1.92 bits per heavy atom. The molecule has 1 atom stereocenters. The normalized spacial score (nSPS) is 15.8. The lowest BCUT2D eigenvalue weighted by Crippen LogP contribution is -2.31. The summed E-state index contributed by atoms with van der Waals surface area (Å²) in [6.07, 6.45) is -0.217. The first-order valence-electron chi connectivity index (χ1n) is 11.7. The van der Waals surface area contributed by atoms with E-state index < -0.39 is 12.1 Å². The first-order chi connectivity index (χ1) is 17.1. The largest absolute Gasteiger partial charge is 0.392 e. The highest BCUT2D eigenvalue weighted by atomic mass is 35.5. The van der Waals surface area contributed by atoms with Gasteiger partial charge in [-0.05, 0) is 25.3 Å². The molecule has 4 heterocycles. The van der Waals surface area contributed by atoms with E-state index in [9.17, 15) is 18.0 Å². The van der Waals surface area contributed by atoms with Crippen LogP contribution in [0.4, 0.5) is 13.2 Å². The van der Waals surface area contributed by atoms with Gasteiger partial charge in [0.1, 0.15) is 11.5 Å². The standard InChI is InChI=1S/C25H24ClF3N6O/c1-3-19-22(35-12-18(26)14(2)31-24(35)33-19)23(36)30-11-15-4-6-16(7-5-15)20-13-34-9-8-17(25(27,28)29)10-21(34)32-20/h4-7,12-13,17H,3,8-11H2,1-2H3,(H,30,36). The van der Waals surface area contributed by atoms with Crippen molar-refractivity contribution < 1.29 is 18.0 Å². The minimum Gasteiger partial charge on any atom is -0.347 e. The molecule has 1 aromatic carbocycles. The molecule has 0 fully saturated rings. The molecule has 1 N–H and O–H groups in total. The molecule has 0 saturated heterocycles. The predicted octanol–water partition coefficient (Wildman–Crippen LogP) is 5.17. The van der Waals surface area contributed by atoms with Crippen molar-refractivity contribution in [2.75, 3.05) is 0 Å². The molecule has 0 radical (unpaired) electrons. The number of nitrogens with zero attached hydrogens (tertiary/aromatic N) is 5. The zero-order valence-electron chi connectivity index (χ0n) is 19.7. The third-order valence-corrected chi connectivity index (χ3v) is 6.91. The number of fused-ring (bicyclic) bond motifs is 2. The van der Waals surface area contributed by atoms with Gasteiger partial charge in [0.2, 0.25) is 5.78 Å². The number of aryl methyl sites for hydroxylation is 3. The zero-order valence-corrected chi connectivity index (χ0v) is 20.5. The smallest absolute Gasteiger partial charge is 0.347 e. The van der Waals surface area contributed by atoms with Gasteiger partial charge in [0.05, 0.1) is 28.0 Å². The highest BCUT2D eigenvalue weighted by Gasteiger charge is 2.41. The van der Waals surface area contributed by atoms with Gasteiger partial charge in [0, 0.05) is 37.5 Å². The predicted molar refractivity (Wildman–Crippen MR) is 129 cm³/mol. The van der Waals surface area contributed by atoms with Gasteiger partial charge in [0.25, 0.3) is 5.91 Å². The molecular formula is C25H24ClF3N6O. The molecule has 1 amide bonds. The Labute approximate surface area is 210 Å². The Morgan fingerprint density at radius 3 is 2.61 bits per heavy atom. The van der Waals surface area contributed by atoms with Gasteiger partial charge in [-0.15, -0.1) is 0 Å². The summed E-state index contributed by atoms with van der Waals surface area (Å²) in [6, 6.07) is 7.44. The van der Waals surface area contributed by atoms with E-state index in [2.05, 4.69) is 20.3 Å². The fraction of sp³-hybridized carbons (Fsp3) is 0.360. The molecule has 7 nitrogen and oxygen atoms in total. The van der Waals surface area contributed by atoms with Crippen molar-refractivity contribution in [2.45, 2.75) is 52.4 Å². The molecule has 188 valence electrons. The summed E-state index contributed by atoms with van der Waals surface area (Å²) in [5.41, 5.74) is 3.99. The van der Waals surface area contributed by atoms with E-state index in [1.54, 1.807) is 28.3 Å². The molecule has 0 bridgehead atoms. The van der Waals surface area contributed by atoms with Gasteiger partial charge in [-0.2, -0.15) is 13.2 Å². The second kappa shape index (κ2) is 9.24. The van der Waals surface area contributed by atoms with Gasteiger partial charge >= 0.3 is 6.18 Å². The number of imidazole rings is 2. The van der Waals surface area contributed by atoms with E-state index in [0.29, 0.717) is 52.4 Å².